The molecule has 0 fully saturated rings. The number of nitrogens with one attached hydrogen (secondary N) is 1. The molecule has 0 spiro atoms. The maximum Gasteiger partial charge on any atom is 0.254 e. The average molecular weight is 375 g/mol. The van der Waals surface area contributed by atoms with Gasteiger partial charge in [0, 0.05) is 12.6 Å². The van der Waals surface area contributed by atoms with Gasteiger partial charge in [-0.3, -0.25) is 9.59 Å². The molecule has 0 radical (unpaired) electrons. The second-order valence-electron chi connectivity index (χ2n) is 6.25. The van der Waals surface area contributed by atoms with Crippen LogP contribution in [0.5, 0.6) is 0 Å². The van der Waals surface area contributed by atoms with Crippen molar-refractivity contribution in [3.05, 3.63) is 64.7 Å². The van der Waals surface area contributed by atoms with E-state index in [2.05, 4.69) is 5.32 Å². The standard InChI is InChI=1S/C20H23ClN2O3/c1-14(2)26-13-15-8-10-16(11-9-15)20(25)23(3)12-19(24)22-18-7-5-4-6-17(18)21/h4-11,14H,12-13H2,1-3H3,(H,22,24). The molecule has 0 heterocycles. The van der Waals surface area contributed by atoms with Gasteiger partial charge in [-0.1, -0.05) is 35.9 Å². The second-order valence-corrected chi connectivity index (χ2v) is 6.65. The lowest BCUT2D eigenvalue weighted by Gasteiger charge is -2.17. The highest BCUT2D eigenvalue weighted by Crippen LogP contribution is 2.20. The Bertz CT molecular complexity index is 760. The highest BCUT2D eigenvalue weighted by Gasteiger charge is 2.15. The molecule has 0 aliphatic carbocycles. The zero-order valence-corrected chi connectivity index (χ0v) is 15.9. The molecule has 0 aliphatic heterocycles. The summed E-state index contributed by atoms with van der Waals surface area (Å²) < 4.78 is 5.54. The maximum atomic E-state index is 12.5. The minimum atomic E-state index is -0.309. The number of benzene rings is 2. The van der Waals surface area contributed by atoms with Crippen molar-refractivity contribution >= 4 is 29.1 Å². The first-order valence-electron chi connectivity index (χ1n) is 8.37. The molecule has 2 aromatic carbocycles. The summed E-state index contributed by atoms with van der Waals surface area (Å²) in [5, 5.41) is 3.16. The van der Waals surface area contributed by atoms with E-state index < -0.39 is 0 Å². The molecule has 0 aromatic heterocycles. The van der Waals surface area contributed by atoms with Crippen LogP contribution in [-0.2, 0) is 16.1 Å². The summed E-state index contributed by atoms with van der Waals surface area (Å²) in [6, 6.07) is 14.1. The molecular formula is C20H23ClN2O3. The Morgan fingerprint density at radius 1 is 1.12 bits per heavy atom. The van der Waals surface area contributed by atoms with Crippen molar-refractivity contribution in [1.82, 2.24) is 4.90 Å². The van der Waals surface area contributed by atoms with Gasteiger partial charge >= 0.3 is 0 Å². The van der Waals surface area contributed by atoms with Gasteiger partial charge in [0.05, 0.1) is 30.0 Å². The predicted molar refractivity (Wildman–Crippen MR) is 103 cm³/mol. The fourth-order valence-electron chi connectivity index (χ4n) is 2.27. The van der Waals surface area contributed by atoms with E-state index in [9.17, 15) is 9.59 Å². The van der Waals surface area contributed by atoms with Crippen LogP contribution in [0.25, 0.3) is 0 Å². The zero-order chi connectivity index (χ0) is 19.1. The predicted octanol–water partition coefficient (Wildman–Crippen LogP) is 3.98. The largest absolute Gasteiger partial charge is 0.374 e. The van der Waals surface area contributed by atoms with Gasteiger partial charge in [0.1, 0.15) is 0 Å². The van der Waals surface area contributed by atoms with Crippen LogP contribution >= 0.6 is 11.6 Å². The van der Waals surface area contributed by atoms with E-state index in [1.54, 1.807) is 43.4 Å². The summed E-state index contributed by atoms with van der Waals surface area (Å²) in [4.78, 5) is 26.0. The molecule has 6 heteroatoms. The third kappa shape index (κ3) is 5.86. The highest BCUT2D eigenvalue weighted by molar-refractivity contribution is 6.33. The molecule has 2 rings (SSSR count). The number of rotatable bonds is 7. The lowest BCUT2D eigenvalue weighted by molar-refractivity contribution is -0.116. The van der Waals surface area contributed by atoms with Gasteiger partial charge in [-0.2, -0.15) is 0 Å². The number of anilines is 1. The fraction of sp³-hybridized carbons (Fsp3) is 0.300. The molecule has 5 nitrogen and oxygen atoms in total. The second kappa shape index (κ2) is 9.36. The summed E-state index contributed by atoms with van der Waals surface area (Å²) >= 11 is 6.02. The van der Waals surface area contributed by atoms with Crippen molar-refractivity contribution in [2.24, 2.45) is 0 Å². The molecule has 0 saturated carbocycles. The summed E-state index contributed by atoms with van der Waals surface area (Å²) in [7, 11) is 1.59. The number of nitrogens with zero attached hydrogens (tertiary/aromatic N) is 1. The van der Waals surface area contributed by atoms with Crippen LogP contribution < -0.4 is 5.32 Å². The third-order valence-corrected chi connectivity index (χ3v) is 3.99. The van der Waals surface area contributed by atoms with E-state index in [0.717, 1.165) is 5.56 Å². The monoisotopic (exact) mass is 374 g/mol. The van der Waals surface area contributed by atoms with E-state index in [0.29, 0.717) is 22.9 Å². The van der Waals surface area contributed by atoms with Crippen LogP contribution in [0.15, 0.2) is 48.5 Å². The Kier molecular flexibility index (Phi) is 7.18. The van der Waals surface area contributed by atoms with Gasteiger partial charge < -0.3 is 15.0 Å². The quantitative estimate of drug-likeness (QED) is 0.797. The number of carbonyl (C=O) groups excluding carboxylic acids is 2. The maximum absolute atomic E-state index is 12.5. The van der Waals surface area contributed by atoms with Gasteiger partial charge in [-0.05, 0) is 43.7 Å². The first kappa shape index (κ1) is 19.9. The number of halogens is 1. The number of carbonyl (C=O) groups is 2. The van der Waals surface area contributed by atoms with Gasteiger partial charge in [-0.25, -0.2) is 0 Å². The molecule has 2 amide bonds. The molecule has 0 bridgehead atoms. The molecule has 138 valence electrons. The molecular weight excluding hydrogens is 352 g/mol. The summed E-state index contributed by atoms with van der Waals surface area (Å²) in [6.45, 7) is 4.38. The molecule has 26 heavy (non-hydrogen) atoms. The molecule has 2 aromatic rings. The van der Waals surface area contributed by atoms with Gasteiger partial charge in [0.25, 0.3) is 5.91 Å². The molecule has 0 unspecified atom stereocenters. The molecule has 0 atom stereocenters. The van der Waals surface area contributed by atoms with Gasteiger partial charge in [-0.15, -0.1) is 0 Å². The van der Waals surface area contributed by atoms with Crippen LogP contribution in [0.2, 0.25) is 5.02 Å². The Morgan fingerprint density at radius 2 is 1.77 bits per heavy atom. The molecule has 1 N–H and O–H groups in total. The lowest BCUT2D eigenvalue weighted by atomic mass is 10.1. The summed E-state index contributed by atoms with van der Waals surface area (Å²) in [5.74, 6) is -0.536. The highest BCUT2D eigenvalue weighted by atomic mass is 35.5. The Morgan fingerprint density at radius 3 is 2.38 bits per heavy atom. The van der Waals surface area contributed by atoms with Crippen molar-refractivity contribution in [3.63, 3.8) is 0 Å². The van der Waals surface area contributed by atoms with Crippen molar-refractivity contribution in [3.8, 4) is 0 Å². The van der Waals surface area contributed by atoms with E-state index in [1.807, 2.05) is 26.0 Å². The number of amides is 2. The van der Waals surface area contributed by atoms with Gasteiger partial charge in [0.2, 0.25) is 5.91 Å². The van der Waals surface area contributed by atoms with Crippen molar-refractivity contribution in [2.45, 2.75) is 26.6 Å². The molecule has 0 saturated heterocycles. The van der Waals surface area contributed by atoms with Crippen molar-refractivity contribution < 1.29 is 14.3 Å². The van der Waals surface area contributed by atoms with Gasteiger partial charge in [0.15, 0.2) is 0 Å². The van der Waals surface area contributed by atoms with Crippen molar-refractivity contribution in [2.75, 3.05) is 18.9 Å². The van der Waals surface area contributed by atoms with Crippen LogP contribution in [0.4, 0.5) is 5.69 Å². The smallest absolute Gasteiger partial charge is 0.254 e. The Balaban J connectivity index is 1.92. The van der Waals surface area contributed by atoms with E-state index >= 15 is 0 Å². The van der Waals surface area contributed by atoms with Crippen LogP contribution in [-0.4, -0.2) is 36.4 Å². The minimum Gasteiger partial charge on any atom is -0.374 e. The summed E-state index contributed by atoms with van der Waals surface area (Å²) in [6.07, 6.45) is 0.152. The van der Waals surface area contributed by atoms with E-state index in [4.69, 9.17) is 16.3 Å². The first-order chi connectivity index (χ1) is 12.4. The normalized spacial score (nSPS) is 10.7. The first-order valence-corrected chi connectivity index (χ1v) is 8.75. The van der Waals surface area contributed by atoms with Crippen LogP contribution in [0.3, 0.4) is 0 Å². The number of para-hydroxylation sites is 1. The number of ether oxygens (including phenoxy) is 1. The number of likely N-dealkylation sites (N-methyl/N-ethyl adjacent to an activating group) is 1. The van der Waals surface area contributed by atoms with E-state index in [1.165, 1.54) is 4.90 Å². The third-order valence-electron chi connectivity index (χ3n) is 3.66. The van der Waals surface area contributed by atoms with Crippen LogP contribution in [0.1, 0.15) is 29.8 Å². The Hall–Kier alpha value is -2.37. The fourth-order valence-corrected chi connectivity index (χ4v) is 2.45. The zero-order valence-electron chi connectivity index (χ0n) is 15.2. The van der Waals surface area contributed by atoms with Crippen molar-refractivity contribution in [1.29, 1.82) is 0 Å². The number of hydrogen-bond acceptors (Lipinski definition) is 3. The van der Waals surface area contributed by atoms with E-state index in [-0.39, 0.29) is 24.5 Å². The summed E-state index contributed by atoms with van der Waals surface area (Å²) in [5.41, 5.74) is 2.04. The minimum absolute atomic E-state index is 0.0672. The Labute approximate surface area is 158 Å². The number of hydrogen-bond donors (Lipinski definition) is 1. The van der Waals surface area contributed by atoms with Crippen LogP contribution in [0, 0.1) is 0 Å². The SMILES string of the molecule is CC(C)OCc1ccc(C(=O)N(C)CC(=O)Nc2ccccc2Cl)cc1. The topological polar surface area (TPSA) is 58.6 Å². The molecule has 0 aliphatic rings. The average Bonchev–Trinajstić information content (AvgIpc) is 2.61. The lowest BCUT2D eigenvalue weighted by Crippen LogP contribution is -2.35.